The fourth-order valence-electron chi connectivity index (χ4n) is 1.53. The molecular weight excluding hydrogens is 146 g/mol. The SMILES string of the molecule is O=CC1CC2COCCN2O1. The van der Waals surface area contributed by atoms with E-state index in [0.717, 1.165) is 19.3 Å². The van der Waals surface area contributed by atoms with Gasteiger partial charge in [-0.05, 0) is 0 Å². The van der Waals surface area contributed by atoms with Crippen molar-refractivity contribution in [3.63, 3.8) is 0 Å². The Bertz CT molecular complexity index is 148. The first-order valence-corrected chi connectivity index (χ1v) is 3.86. The highest BCUT2D eigenvalue weighted by Crippen LogP contribution is 2.21. The lowest BCUT2D eigenvalue weighted by Crippen LogP contribution is -2.39. The van der Waals surface area contributed by atoms with Crippen LogP contribution in [0.25, 0.3) is 0 Å². The van der Waals surface area contributed by atoms with Gasteiger partial charge in [-0.15, -0.1) is 0 Å². The normalized spacial score (nSPS) is 38.5. The molecule has 0 N–H and O–H groups in total. The van der Waals surface area contributed by atoms with Crippen molar-refractivity contribution in [2.24, 2.45) is 0 Å². The molecule has 0 aromatic rings. The lowest BCUT2D eigenvalue weighted by molar-refractivity contribution is -0.193. The summed E-state index contributed by atoms with van der Waals surface area (Å²) in [7, 11) is 0. The van der Waals surface area contributed by atoms with Gasteiger partial charge in [0.15, 0.2) is 6.29 Å². The van der Waals surface area contributed by atoms with E-state index in [-0.39, 0.29) is 6.10 Å². The Labute approximate surface area is 65.0 Å². The van der Waals surface area contributed by atoms with Crippen molar-refractivity contribution >= 4 is 6.29 Å². The Balaban J connectivity index is 1.97. The van der Waals surface area contributed by atoms with Crippen molar-refractivity contribution < 1.29 is 14.4 Å². The second kappa shape index (κ2) is 2.89. The van der Waals surface area contributed by atoms with Crippen molar-refractivity contribution in [3.05, 3.63) is 0 Å². The van der Waals surface area contributed by atoms with E-state index in [4.69, 9.17) is 9.57 Å². The quantitative estimate of drug-likeness (QED) is 0.485. The van der Waals surface area contributed by atoms with Crippen LogP contribution >= 0.6 is 0 Å². The Morgan fingerprint density at radius 1 is 1.55 bits per heavy atom. The highest BCUT2D eigenvalue weighted by molar-refractivity contribution is 5.56. The van der Waals surface area contributed by atoms with E-state index >= 15 is 0 Å². The molecule has 0 saturated carbocycles. The van der Waals surface area contributed by atoms with Gasteiger partial charge in [-0.1, -0.05) is 0 Å². The lowest BCUT2D eigenvalue weighted by Gasteiger charge is -2.26. The molecule has 0 radical (unpaired) electrons. The molecule has 0 spiro atoms. The second-order valence-electron chi connectivity index (χ2n) is 2.89. The van der Waals surface area contributed by atoms with Crippen LogP contribution in [0.3, 0.4) is 0 Å². The van der Waals surface area contributed by atoms with E-state index in [2.05, 4.69) is 0 Å². The highest BCUT2D eigenvalue weighted by Gasteiger charge is 2.35. The number of hydroxylamine groups is 2. The molecule has 11 heavy (non-hydrogen) atoms. The minimum Gasteiger partial charge on any atom is -0.378 e. The molecule has 2 saturated heterocycles. The molecule has 2 aliphatic rings. The van der Waals surface area contributed by atoms with Crippen LogP contribution in [-0.4, -0.2) is 43.3 Å². The molecule has 4 heteroatoms. The summed E-state index contributed by atoms with van der Waals surface area (Å²) >= 11 is 0. The largest absolute Gasteiger partial charge is 0.378 e. The molecule has 2 heterocycles. The first kappa shape index (κ1) is 7.21. The van der Waals surface area contributed by atoms with Crippen LogP contribution in [0.1, 0.15) is 6.42 Å². The van der Waals surface area contributed by atoms with Crippen LogP contribution in [-0.2, 0) is 14.4 Å². The fourth-order valence-corrected chi connectivity index (χ4v) is 1.53. The third kappa shape index (κ3) is 1.29. The molecule has 2 rings (SSSR count). The molecule has 0 aliphatic carbocycles. The van der Waals surface area contributed by atoms with Crippen LogP contribution < -0.4 is 0 Å². The van der Waals surface area contributed by atoms with E-state index < -0.39 is 0 Å². The Morgan fingerprint density at radius 3 is 3.18 bits per heavy atom. The monoisotopic (exact) mass is 157 g/mol. The number of fused-ring (bicyclic) bond motifs is 1. The summed E-state index contributed by atoms with van der Waals surface area (Å²) < 4.78 is 5.24. The Kier molecular flexibility index (Phi) is 1.89. The van der Waals surface area contributed by atoms with E-state index in [1.807, 2.05) is 5.06 Å². The van der Waals surface area contributed by atoms with Crippen molar-refractivity contribution in [1.29, 1.82) is 0 Å². The van der Waals surface area contributed by atoms with Crippen LogP contribution in [0.2, 0.25) is 0 Å². The molecule has 0 amide bonds. The van der Waals surface area contributed by atoms with E-state index in [1.54, 1.807) is 0 Å². The van der Waals surface area contributed by atoms with Gasteiger partial charge in [0.2, 0.25) is 0 Å². The first-order chi connectivity index (χ1) is 5.40. The number of ether oxygens (including phenoxy) is 1. The summed E-state index contributed by atoms with van der Waals surface area (Å²) in [5.41, 5.74) is 0. The summed E-state index contributed by atoms with van der Waals surface area (Å²) in [5.74, 6) is 0. The number of aldehydes is 1. The molecule has 2 fully saturated rings. The van der Waals surface area contributed by atoms with Crippen molar-refractivity contribution in [1.82, 2.24) is 5.06 Å². The molecule has 4 nitrogen and oxygen atoms in total. The average molecular weight is 157 g/mol. The number of hydrogen-bond donors (Lipinski definition) is 0. The van der Waals surface area contributed by atoms with Crippen molar-refractivity contribution in [2.75, 3.05) is 19.8 Å². The maximum absolute atomic E-state index is 10.4. The number of carbonyl (C=O) groups excluding carboxylic acids is 1. The number of carbonyl (C=O) groups is 1. The van der Waals surface area contributed by atoms with Gasteiger partial charge in [-0.2, -0.15) is 5.06 Å². The summed E-state index contributed by atoms with van der Waals surface area (Å²) in [6, 6.07) is 0.305. The van der Waals surface area contributed by atoms with Gasteiger partial charge in [-0.3, -0.25) is 4.84 Å². The second-order valence-corrected chi connectivity index (χ2v) is 2.89. The number of hydrogen-bond acceptors (Lipinski definition) is 4. The highest BCUT2D eigenvalue weighted by atomic mass is 16.7. The minimum absolute atomic E-state index is 0.235. The van der Waals surface area contributed by atoms with Gasteiger partial charge in [0.25, 0.3) is 0 Å². The lowest BCUT2D eigenvalue weighted by atomic mass is 10.1. The van der Waals surface area contributed by atoms with Crippen molar-refractivity contribution in [3.8, 4) is 0 Å². The molecule has 0 aromatic carbocycles. The van der Waals surface area contributed by atoms with Crippen LogP contribution in [0, 0.1) is 0 Å². The first-order valence-electron chi connectivity index (χ1n) is 3.86. The zero-order valence-corrected chi connectivity index (χ0v) is 6.23. The minimum atomic E-state index is -0.235. The molecule has 0 bridgehead atoms. The molecule has 2 atom stereocenters. The molecule has 0 aromatic heterocycles. The number of rotatable bonds is 1. The van der Waals surface area contributed by atoms with Gasteiger partial charge >= 0.3 is 0 Å². The molecular formula is C7H11NO3. The standard InChI is InChI=1S/C7H11NO3/c9-4-7-3-6-5-10-2-1-8(6)11-7/h4,6-7H,1-3,5H2. The molecule has 62 valence electrons. The summed E-state index contributed by atoms with van der Waals surface area (Å²) in [6.45, 7) is 2.20. The smallest absolute Gasteiger partial charge is 0.150 e. The van der Waals surface area contributed by atoms with Gasteiger partial charge in [0.05, 0.1) is 19.3 Å². The zero-order valence-electron chi connectivity index (χ0n) is 6.23. The predicted molar refractivity (Wildman–Crippen MR) is 36.9 cm³/mol. The molecule has 2 aliphatic heterocycles. The van der Waals surface area contributed by atoms with Crippen molar-refractivity contribution in [2.45, 2.75) is 18.6 Å². The number of nitrogens with zero attached hydrogens (tertiary/aromatic N) is 1. The maximum atomic E-state index is 10.4. The van der Waals surface area contributed by atoms with Gasteiger partial charge in [-0.25, -0.2) is 0 Å². The van der Waals surface area contributed by atoms with E-state index in [1.165, 1.54) is 0 Å². The summed E-state index contributed by atoms with van der Waals surface area (Å²) in [6.07, 6.45) is 1.41. The van der Waals surface area contributed by atoms with Gasteiger partial charge < -0.3 is 9.53 Å². The fraction of sp³-hybridized carbons (Fsp3) is 0.857. The summed E-state index contributed by atoms with van der Waals surface area (Å²) in [4.78, 5) is 15.7. The predicted octanol–water partition coefficient (Wildman–Crippen LogP) is -0.410. The topological polar surface area (TPSA) is 38.8 Å². The average Bonchev–Trinajstić information content (AvgIpc) is 2.46. The van der Waals surface area contributed by atoms with Gasteiger partial charge in [0, 0.05) is 13.0 Å². The van der Waals surface area contributed by atoms with E-state index in [9.17, 15) is 4.79 Å². The third-order valence-electron chi connectivity index (χ3n) is 2.10. The third-order valence-corrected chi connectivity index (χ3v) is 2.10. The molecule has 2 unspecified atom stereocenters. The van der Waals surface area contributed by atoms with Crippen LogP contribution in [0.5, 0.6) is 0 Å². The summed E-state index contributed by atoms with van der Waals surface area (Å²) in [5, 5.41) is 1.86. The van der Waals surface area contributed by atoms with E-state index in [0.29, 0.717) is 19.3 Å². The van der Waals surface area contributed by atoms with Crippen LogP contribution in [0.4, 0.5) is 0 Å². The van der Waals surface area contributed by atoms with Gasteiger partial charge in [0.1, 0.15) is 6.10 Å². The Hall–Kier alpha value is -0.450. The maximum Gasteiger partial charge on any atom is 0.150 e. The Morgan fingerprint density at radius 2 is 2.45 bits per heavy atom. The zero-order chi connectivity index (χ0) is 7.68. The number of morpholine rings is 1. The van der Waals surface area contributed by atoms with Crippen LogP contribution in [0.15, 0.2) is 0 Å².